The maximum atomic E-state index is 10.9. The second kappa shape index (κ2) is 4.55. The molecule has 0 radical (unpaired) electrons. The Balaban J connectivity index is 2.71. The SMILES string of the molecule is CC(=O)C[C@@H](C[N+](=O)[O-])c1ccco1. The minimum atomic E-state index is -0.447. The van der Waals surface area contributed by atoms with Crippen molar-refractivity contribution in [3.05, 3.63) is 34.3 Å². The van der Waals surface area contributed by atoms with E-state index in [2.05, 4.69) is 0 Å². The van der Waals surface area contributed by atoms with Gasteiger partial charge in [-0.05, 0) is 19.1 Å². The van der Waals surface area contributed by atoms with Crippen molar-refractivity contribution in [1.29, 1.82) is 0 Å². The quantitative estimate of drug-likeness (QED) is 0.531. The highest BCUT2D eigenvalue weighted by atomic mass is 16.6. The summed E-state index contributed by atoms with van der Waals surface area (Å²) in [5, 5.41) is 10.3. The monoisotopic (exact) mass is 197 g/mol. The van der Waals surface area contributed by atoms with Crippen LogP contribution in [0.15, 0.2) is 22.8 Å². The van der Waals surface area contributed by atoms with E-state index in [1.807, 2.05) is 0 Å². The van der Waals surface area contributed by atoms with E-state index in [0.29, 0.717) is 5.76 Å². The highest BCUT2D eigenvalue weighted by Gasteiger charge is 2.21. The molecule has 1 aromatic heterocycles. The van der Waals surface area contributed by atoms with Gasteiger partial charge in [0.25, 0.3) is 0 Å². The maximum Gasteiger partial charge on any atom is 0.214 e. The lowest BCUT2D eigenvalue weighted by atomic mass is 10.0. The number of ketones is 1. The molecule has 0 saturated carbocycles. The number of furan rings is 1. The normalized spacial score (nSPS) is 12.4. The van der Waals surface area contributed by atoms with Gasteiger partial charge in [0.1, 0.15) is 11.5 Å². The second-order valence-electron chi connectivity index (χ2n) is 3.13. The molecule has 0 N–H and O–H groups in total. The lowest BCUT2D eigenvalue weighted by Crippen LogP contribution is -2.14. The first-order valence-corrected chi connectivity index (χ1v) is 4.24. The predicted octanol–water partition coefficient (Wildman–Crippen LogP) is 1.62. The van der Waals surface area contributed by atoms with Crippen molar-refractivity contribution in [2.45, 2.75) is 19.3 Å². The zero-order valence-electron chi connectivity index (χ0n) is 7.80. The lowest BCUT2D eigenvalue weighted by molar-refractivity contribution is -0.483. The Labute approximate surface area is 80.9 Å². The Kier molecular flexibility index (Phi) is 3.39. The molecule has 76 valence electrons. The van der Waals surface area contributed by atoms with Crippen LogP contribution in [0.1, 0.15) is 25.0 Å². The van der Waals surface area contributed by atoms with Gasteiger partial charge in [-0.3, -0.25) is 14.9 Å². The van der Waals surface area contributed by atoms with Crippen molar-refractivity contribution in [1.82, 2.24) is 0 Å². The molecule has 0 aliphatic heterocycles. The molecule has 0 amide bonds. The van der Waals surface area contributed by atoms with Gasteiger partial charge in [0.15, 0.2) is 0 Å². The van der Waals surface area contributed by atoms with Crippen molar-refractivity contribution in [3.63, 3.8) is 0 Å². The Morgan fingerprint density at radius 3 is 2.86 bits per heavy atom. The van der Waals surface area contributed by atoms with Crippen LogP contribution in [0.25, 0.3) is 0 Å². The molecular formula is C9H11NO4. The first kappa shape index (κ1) is 10.4. The molecule has 0 spiro atoms. The molecule has 1 heterocycles. The molecule has 1 aromatic rings. The third-order valence-corrected chi connectivity index (χ3v) is 1.85. The fourth-order valence-electron chi connectivity index (χ4n) is 1.31. The van der Waals surface area contributed by atoms with E-state index in [9.17, 15) is 14.9 Å². The first-order chi connectivity index (χ1) is 6.59. The van der Waals surface area contributed by atoms with Crippen molar-refractivity contribution in [3.8, 4) is 0 Å². The summed E-state index contributed by atoms with van der Waals surface area (Å²) in [6.45, 7) is 1.14. The molecule has 0 unspecified atom stereocenters. The van der Waals surface area contributed by atoms with E-state index in [0.717, 1.165) is 0 Å². The van der Waals surface area contributed by atoms with Gasteiger partial charge in [-0.15, -0.1) is 0 Å². The summed E-state index contributed by atoms with van der Waals surface area (Å²) in [6.07, 6.45) is 1.59. The summed E-state index contributed by atoms with van der Waals surface area (Å²) < 4.78 is 5.04. The van der Waals surface area contributed by atoms with Gasteiger partial charge in [0.05, 0.1) is 12.2 Å². The van der Waals surface area contributed by atoms with Gasteiger partial charge in [-0.1, -0.05) is 0 Å². The van der Waals surface area contributed by atoms with Gasteiger partial charge < -0.3 is 4.42 Å². The lowest BCUT2D eigenvalue weighted by Gasteiger charge is -2.06. The summed E-state index contributed by atoms with van der Waals surface area (Å²) >= 11 is 0. The number of Topliss-reactive ketones (excluding diaryl/α,β-unsaturated/α-hetero) is 1. The zero-order valence-corrected chi connectivity index (χ0v) is 7.80. The van der Waals surface area contributed by atoms with E-state index in [4.69, 9.17) is 4.42 Å². The number of nitro groups is 1. The fourth-order valence-corrected chi connectivity index (χ4v) is 1.31. The number of hydrogen-bond acceptors (Lipinski definition) is 4. The highest BCUT2D eigenvalue weighted by Crippen LogP contribution is 2.20. The topological polar surface area (TPSA) is 73.3 Å². The maximum absolute atomic E-state index is 10.9. The molecule has 0 saturated heterocycles. The van der Waals surface area contributed by atoms with E-state index < -0.39 is 10.8 Å². The van der Waals surface area contributed by atoms with E-state index in [1.54, 1.807) is 12.1 Å². The number of rotatable bonds is 5. The molecule has 5 heteroatoms. The molecule has 0 fully saturated rings. The van der Waals surface area contributed by atoms with Crippen LogP contribution >= 0.6 is 0 Å². The smallest absolute Gasteiger partial charge is 0.214 e. The number of nitrogens with zero attached hydrogens (tertiary/aromatic N) is 1. The minimum absolute atomic E-state index is 0.0757. The third kappa shape index (κ3) is 3.01. The summed E-state index contributed by atoms with van der Waals surface area (Å²) in [7, 11) is 0. The van der Waals surface area contributed by atoms with Crippen molar-refractivity contribution >= 4 is 5.78 Å². The van der Waals surface area contributed by atoms with Crippen molar-refractivity contribution in [2.75, 3.05) is 6.54 Å². The van der Waals surface area contributed by atoms with Crippen molar-refractivity contribution in [2.24, 2.45) is 0 Å². The van der Waals surface area contributed by atoms with Crippen LogP contribution in [-0.2, 0) is 4.79 Å². The molecule has 0 bridgehead atoms. The highest BCUT2D eigenvalue weighted by molar-refractivity contribution is 5.76. The van der Waals surface area contributed by atoms with E-state index in [1.165, 1.54) is 13.2 Å². The summed E-state index contributed by atoms with van der Waals surface area (Å²) in [6, 6.07) is 3.31. The fraction of sp³-hybridized carbons (Fsp3) is 0.444. The summed E-state index contributed by atoms with van der Waals surface area (Å²) in [5.41, 5.74) is 0. The Morgan fingerprint density at radius 2 is 2.43 bits per heavy atom. The van der Waals surface area contributed by atoms with Gasteiger partial charge in [0, 0.05) is 11.3 Å². The second-order valence-corrected chi connectivity index (χ2v) is 3.13. The molecule has 0 aliphatic carbocycles. The average Bonchev–Trinajstić information content (AvgIpc) is 2.52. The standard InChI is InChI=1S/C9H11NO4/c1-7(11)5-8(6-10(12)13)9-3-2-4-14-9/h2-4,8H,5-6H2,1H3/t8-/m0/s1. The van der Waals surface area contributed by atoms with Crippen LogP contribution in [0.2, 0.25) is 0 Å². The Bertz CT molecular complexity index is 302. The van der Waals surface area contributed by atoms with Gasteiger partial charge in [0.2, 0.25) is 6.54 Å². The van der Waals surface area contributed by atoms with Crippen LogP contribution in [0, 0.1) is 10.1 Å². The van der Waals surface area contributed by atoms with Gasteiger partial charge >= 0.3 is 0 Å². The summed E-state index contributed by atoms with van der Waals surface area (Å²) in [4.78, 5) is 20.8. The molecule has 1 atom stereocenters. The number of hydrogen-bond donors (Lipinski definition) is 0. The van der Waals surface area contributed by atoms with E-state index >= 15 is 0 Å². The first-order valence-electron chi connectivity index (χ1n) is 4.24. The van der Waals surface area contributed by atoms with Crippen molar-refractivity contribution < 1.29 is 14.1 Å². The molecule has 14 heavy (non-hydrogen) atoms. The van der Waals surface area contributed by atoms with Crippen LogP contribution in [-0.4, -0.2) is 17.3 Å². The predicted molar refractivity (Wildman–Crippen MR) is 48.6 cm³/mol. The van der Waals surface area contributed by atoms with Gasteiger partial charge in [-0.25, -0.2) is 0 Å². The van der Waals surface area contributed by atoms with Crippen LogP contribution in [0.5, 0.6) is 0 Å². The van der Waals surface area contributed by atoms with Crippen LogP contribution in [0.3, 0.4) is 0 Å². The summed E-state index contributed by atoms with van der Waals surface area (Å²) in [5.74, 6) is -0.0253. The molecule has 5 nitrogen and oxygen atoms in total. The molecule has 1 rings (SSSR count). The molecular weight excluding hydrogens is 186 g/mol. The Morgan fingerprint density at radius 1 is 1.71 bits per heavy atom. The van der Waals surface area contributed by atoms with Gasteiger partial charge in [-0.2, -0.15) is 0 Å². The molecule has 0 aliphatic rings. The van der Waals surface area contributed by atoms with E-state index in [-0.39, 0.29) is 18.7 Å². The molecule has 0 aromatic carbocycles. The number of carbonyl (C=O) groups is 1. The largest absolute Gasteiger partial charge is 0.469 e. The average molecular weight is 197 g/mol. The third-order valence-electron chi connectivity index (χ3n) is 1.85. The minimum Gasteiger partial charge on any atom is -0.469 e. The Hall–Kier alpha value is -1.65. The zero-order chi connectivity index (χ0) is 10.6. The van der Waals surface area contributed by atoms with Crippen LogP contribution < -0.4 is 0 Å². The number of carbonyl (C=O) groups excluding carboxylic acids is 1. The van der Waals surface area contributed by atoms with Crippen LogP contribution in [0.4, 0.5) is 0 Å².